The van der Waals surface area contributed by atoms with Crippen molar-refractivity contribution in [2.75, 3.05) is 39.3 Å². The Morgan fingerprint density at radius 3 is 2.38 bits per heavy atom. The molecule has 166 valence electrons. The molecule has 1 aromatic rings. The molecule has 3 nitrogen and oxygen atoms in total. The number of fused-ring (bicyclic) bond motifs is 1. The second-order valence-corrected chi connectivity index (χ2v) is 9.02. The highest BCUT2D eigenvalue weighted by Gasteiger charge is 2.21. The summed E-state index contributed by atoms with van der Waals surface area (Å²) in [6.45, 7) is 8.28. The Bertz CT molecular complexity index is 586. The van der Waals surface area contributed by atoms with Crippen LogP contribution >= 0.6 is 24.8 Å². The van der Waals surface area contributed by atoms with Gasteiger partial charge in [0.25, 0.3) is 0 Å². The lowest BCUT2D eigenvalue weighted by Crippen LogP contribution is -2.35. The van der Waals surface area contributed by atoms with Gasteiger partial charge < -0.3 is 9.64 Å². The van der Waals surface area contributed by atoms with E-state index in [4.69, 9.17) is 4.74 Å². The Balaban J connectivity index is 0.00000150. The Morgan fingerprint density at radius 2 is 1.59 bits per heavy atom. The molecule has 0 unspecified atom stereocenters. The molecule has 0 atom stereocenters. The van der Waals surface area contributed by atoms with Gasteiger partial charge in [0.1, 0.15) is 5.75 Å². The van der Waals surface area contributed by atoms with E-state index in [2.05, 4.69) is 28.0 Å². The number of benzene rings is 1. The summed E-state index contributed by atoms with van der Waals surface area (Å²) in [5, 5.41) is 0. The van der Waals surface area contributed by atoms with Crippen molar-refractivity contribution in [3.05, 3.63) is 29.3 Å². The highest BCUT2D eigenvalue weighted by Crippen LogP contribution is 2.28. The zero-order valence-corrected chi connectivity index (χ0v) is 19.6. The molecule has 0 bridgehead atoms. The Labute approximate surface area is 190 Å². The molecular formula is C24H40Cl2N2O. The summed E-state index contributed by atoms with van der Waals surface area (Å²) in [6, 6.07) is 6.83. The minimum atomic E-state index is 0. The molecule has 5 heteroatoms. The van der Waals surface area contributed by atoms with Gasteiger partial charge in [-0.05, 0) is 80.8 Å². The number of hydrogen-bond donors (Lipinski definition) is 0. The zero-order valence-electron chi connectivity index (χ0n) is 17.9. The molecule has 2 fully saturated rings. The van der Waals surface area contributed by atoms with Gasteiger partial charge >= 0.3 is 0 Å². The van der Waals surface area contributed by atoms with Gasteiger partial charge in [-0.25, -0.2) is 0 Å². The van der Waals surface area contributed by atoms with Crippen molar-refractivity contribution in [2.45, 2.75) is 70.8 Å². The zero-order chi connectivity index (χ0) is 18.3. The summed E-state index contributed by atoms with van der Waals surface area (Å²) in [6.07, 6.45) is 13.8. The number of halogens is 2. The van der Waals surface area contributed by atoms with Crippen molar-refractivity contribution in [3.8, 4) is 5.75 Å². The molecule has 4 rings (SSSR count). The van der Waals surface area contributed by atoms with Gasteiger partial charge in [-0.15, -0.1) is 24.8 Å². The average Bonchev–Trinajstić information content (AvgIpc) is 2.72. The topological polar surface area (TPSA) is 15.7 Å². The summed E-state index contributed by atoms with van der Waals surface area (Å²) in [5.74, 6) is 2.02. The fourth-order valence-corrected chi connectivity index (χ4v) is 5.23. The number of ether oxygens (including phenoxy) is 1. The number of rotatable bonds is 7. The Hall–Kier alpha value is -0.480. The van der Waals surface area contributed by atoms with Crippen molar-refractivity contribution in [1.82, 2.24) is 9.80 Å². The summed E-state index contributed by atoms with van der Waals surface area (Å²) in [5.41, 5.74) is 3.04. The molecule has 3 aliphatic rings. The van der Waals surface area contributed by atoms with E-state index in [1.165, 1.54) is 102 Å². The predicted octanol–water partition coefficient (Wildman–Crippen LogP) is 5.72. The molecule has 2 heterocycles. The van der Waals surface area contributed by atoms with Gasteiger partial charge in [-0.1, -0.05) is 31.7 Å². The molecule has 0 radical (unpaired) electrons. The number of nitrogens with zero attached hydrogens (tertiary/aromatic N) is 2. The van der Waals surface area contributed by atoms with Gasteiger partial charge in [0.15, 0.2) is 0 Å². The monoisotopic (exact) mass is 442 g/mol. The van der Waals surface area contributed by atoms with Crippen molar-refractivity contribution >= 4 is 24.8 Å². The van der Waals surface area contributed by atoms with Crippen molar-refractivity contribution in [3.63, 3.8) is 0 Å². The van der Waals surface area contributed by atoms with Crippen LogP contribution < -0.4 is 4.74 Å². The first-order chi connectivity index (χ1) is 13.4. The molecule has 0 aromatic heterocycles. The molecular weight excluding hydrogens is 403 g/mol. The van der Waals surface area contributed by atoms with Crippen LogP contribution in [0.5, 0.6) is 5.75 Å². The quantitative estimate of drug-likeness (QED) is 0.501. The van der Waals surface area contributed by atoms with Crippen LogP contribution in [0.2, 0.25) is 0 Å². The molecule has 1 aliphatic carbocycles. The van der Waals surface area contributed by atoms with Gasteiger partial charge in [0.05, 0.1) is 6.61 Å². The average molecular weight is 444 g/mol. The van der Waals surface area contributed by atoms with Crippen LogP contribution in [-0.4, -0.2) is 49.1 Å². The molecule has 29 heavy (non-hydrogen) atoms. The highest BCUT2D eigenvalue weighted by atomic mass is 35.5. The lowest BCUT2D eigenvalue weighted by Gasteiger charge is -2.33. The fraction of sp³-hybridized carbons (Fsp3) is 0.750. The molecule has 1 saturated heterocycles. The van der Waals surface area contributed by atoms with E-state index in [1.807, 2.05) is 0 Å². The minimum absolute atomic E-state index is 0. The SMILES string of the molecule is Cl.Cl.c1cc2c(cc1OCCCN1CCCCC1)CN(CC1CCCCC1)CC2. The van der Waals surface area contributed by atoms with E-state index in [0.29, 0.717) is 0 Å². The van der Waals surface area contributed by atoms with Crippen LogP contribution in [0, 0.1) is 5.92 Å². The molecule has 0 N–H and O–H groups in total. The second kappa shape index (κ2) is 13.0. The Kier molecular flexibility index (Phi) is 11.1. The first-order valence-corrected chi connectivity index (χ1v) is 11.6. The van der Waals surface area contributed by atoms with Crippen LogP contribution in [0.15, 0.2) is 18.2 Å². The normalized spacial score (nSPS) is 21.0. The van der Waals surface area contributed by atoms with Gasteiger partial charge in [0.2, 0.25) is 0 Å². The number of piperidine rings is 1. The van der Waals surface area contributed by atoms with Crippen molar-refractivity contribution < 1.29 is 4.74 Å². The van der Waals surface area contributed by atoms with E-state index in [-0.39, 0.29) is 24.8 Å². The van der Waals surface area contributed by atoms with Gasteiger partial charge in [-0.2, -0.15) is 0 Å². The molecule has 0 spiro atoms. The maximum atomic E-state index is 6.10. The van der Waals surface area contributed by atoms with Gasteiger partial charge in [-0.3, -0.25) is 4.90 Å². The molecule has 0 amide bonds. The third-order valence-electron chi connectivity index (χ3n) is 6.85. The van der Waals surface area contributed by atoms with Crippen LogP contribution in [0.25, 0.3) is 0 Å². The summed E-state index contributed by atoms with van der Waals surface area (Å²) < 4.78 is 6.10. The fourth-order valence-electron chi connectivity index (χ4n) is 5.23. The van der Waals surface area contributed by atoms with E-state index >= 15 is 0 Å². The van der Waals surface area contributed by atoms with Gasteiger partial charge in [0, 0.05) is 26.2 Å². The summed E-state index contributed by atoms with van der Waals surface area (Å²) in [4.78, 5) is 5.29. The number of hydrogen-bond acceptors (Lipinski definition) is 3. The van der Waals surface area contributed by atoms with Crippen LogP contribution in [0.3, 0.4) is 0 Å². The molecule has 1 aromatic carbocycles. The first-order valence-electron chi connectivity index (χ1n) is 11.6. The maximum absolute atomic E-state index is 6.10. The molecule has 1 saturated carbocycles. The van der Waals surface area contributed by atoms with E-state index in [0.717, 1.165) is 31.2 Å². The number of likely N-dealkylation sites (tertiary alicyclic amines) is 1. The smallest absolute Gasteiger partial charge is 0.119 e. The first kappa shape index (κ1) is 24.8. The molecule has 2 aliphatic heterocycles. The van der Waals surface area contributed by atoms with E-state index in [9.17, 15) is 0 Å². The minimum Gasteiger partial charge on any atom is -0.494 e. The van der Waals surface area contributed by atoms with E-state index < -0.39 is 0 Å². The highest BCUT2D eigenvalue weighted by molar-refractivity contribution is 5.85. The van der Waals surface area contributed by atoms with Crippen LogP contribution in [0.4, 0.5) is 0 Å². The van der Waals surface area contributed by atoms with Crippen LogP contribution in [-0.2, 0) is 13.0 Å². The summed E-state index contributed by atoms with van der Waals surface area (Å²) >= 11 is 0. The summed E-state index contributed by atoms with van der Waals surface area (Å²) in [7, 11) is 0. The predicted molar refractivity (Wildman–Crippen MR) is 127 cm³/mol. The lowest BCUT2D eigenvalue weighted by atomic mass is 9.88. The third-order valence-corrected chi connectivity index (χ3v) is 6.85. The van der Waals surface area contributed by atoms with Crippen molar-refractivity contribution in [1.29, 1.82) is 0 Å². The maximum Gasteiger partial charge on any atom is 0.119 e. The van der Waals surface area contributed by atoms with E-state index in [1.54, 1.807) is 0 Å². The van der Waals surface area contributed by atoms with Crippen LogP contribution in [0.1, 0.15) is 68.9 Å². The Morgan fingerprint density at radius 1 is 0.828 bits per heavy atom. The standard InChI is InChI=1S/C24H38N2O.2ClH/c1-3-8-21(9-4-1)19-26-16-12-22-10-11-24(18-23(22)20-26)27-17-7-15-25-13-5-2-6-14-25;;/h10-11,18,21H,1-9,12-17,19-20H2;2*1H. The largest absolute Gasteiger partial charge is 0.494 e. The third kappa shape index (κ3) is 7.61. The second-order valence-electron chi connectivity index (χ2n) is 9.02. The lowest BCUT2D eigenvalue weighted by molar-refractivity contribution is 0.186. The van der Waals surface area contributed by atoms with Crippen molar-refractivity contribution in [2.24, 2.45) is 5.92 Å².